The molecule has 0 saturated carbocycles. The molecule has 8 nitrogen and oxygen atoms in total. The maximum atomic E-state index is 13.6. The van der Waals surface area contributed by atoms with E-state index in [1.165, 1.54) is 4.72 Å². The van der Waals surface area contributed by atoms with Crippen molar-refractivity contribution in [3.8, 4) is 0 Å². The molecule has 4 rings (SSSR count). The number of hydrogen-bond donors (Lipinski definition) is 1. The van der Waals surface area contributed by atoms with Crippen LogP contribution in [-0.4, -0.2) is 46.6 Å². The Morgan fingerprint density at radius 2 is 1.94 bits per heavy atom. The first-order chi connectivity index (χ1) is 14.6. The van der Waals surface area contributed by atoms with E-state index in [2.05, 4.69) is 4.98 Å². The first-order valence-electron chi connectivity index (χ1n) is 10.4. The molecule has 1 saturated heterocycles. The van der Waals surface area contributed by atoms with E-state index in [9.17, 15) is 13.2 Å². The molecule has 1 amide bonds. The highest BCUT2D eigenvalue weighted by molar-refractivity contribution is 7.84. The van der Waals surface area contributed by atoms with Gasteiger partial charge in [0, 0.05) is 30.6 Å². The Hall–Kier alpha value is -2.78. The zero-order valence-electron chi connectivity index (χ0n) is 18.3. The highest BCUT2D eigenvalue weighted by atomic mass is 32.2. The van der Waals surface area contributed by atoms with Gasteiger partial charge in [0.2, 0.25) is 0 Å². The number of quaternary nitrogens is 1. The fourth-order valence-corrected chi connectivity index (χ4v) is 4.77. The number of fused-ring (bicyclic) bond motifs is 1. The van der Waals surface area contributed by atoms with Crippen LogP contribution < -0.4 is 4.72 Å². The molecule has 9 heteroatoms. The number of sulfonamides is 1. The average Bonchev–Trinajstić information content (AvgIpc) is 3.10. The molecule has 1 atom stereocenters. The summed E-state index contributed by atoms with van der Waals surface area (Å²) in [5.41, 5.74) is 5.32. The Balaban J connectivity index is 1.73. The summed E-state index contributed by atoms with van der Waals surface area (Å²) in [5.74, 6) is -0.166. The molecule has 1 unspecified atom stereocenters. The number of nitrogens with two attached hydrogens (primary N) is 1. The lowest BCUT2D eigenvalue weighted by Gasteiger charge is -2.35. The van der Waals surface area contributed by atoms with Crippen molar-refractivity contribution >= 4 is 27.3 Å². The number of carbonyl (C=O) groups is 1. The number of likely N-dealkylation sites (tertiary alicyclic amines) is 1. The van der Waals surface area contributed by atoms with Crippen LogP contribution in [-0.2, 0) is 10.0 Å². The number of aryl methyl sites for hydroxylation is 3. The third-order valence-corrected chi connectivity index (χ3v) is 6.47. The van der Waals surface area contributed by atoms with Crippen molar-refractivity contribution in [1.29, 1.82) is 0 Å². The van der Waals surface area contributed by atoms with E-state index in [0.29, 0.717) is 17.8 Å². The van der Waals surface area contributed by atoms with Crippen molar-refractivity contribution in [2.45, 2.75) is 46.1 Å². The second-order valence-corrected chi connectivity index (χ2v) is 10.3. The summed E-state index contributed by atoms with van der Waals surface area (Å²) in [6, 6.07) is 7.06. The molecule has 3 heterocycles. The van der Waals surface area contributed by atoms with Crippen LogP contribution in [0, 0.1) is 20.8 Å². The number of hydrogen-bond acceptors (Lipinski definition) is 5. The van der Waals surface area contributed by atoms with Gasteiger partial charge in [-0.05, 0) is 57.2 Å². The molecule has 0 spiro atoms. The molecule has 31 heavy (non-hydrogen) atoms. The fraction of sp³-hybridized carbons (Fsp3) is 0.409. The zero-order valence-corrected chi connectivity index (χ0v) is 19.1. The zero-order chi connectivity index (χ0) is 22.3. The molecule has 2 N–H and O–H groups in total. The van der Waals surface area contributed by atoms with Gasteiger partial charge in [0.15, 0.2) is 11.3 Å². The number of rotatable bonds is 4. The van der Waals surface area contributed by atoms with Gasteiger partial charge in [-0.15, -0.1) is 0 Å². The molecule has 0 aliphatic carbocycles. The number of aromatic nitrogens is 3. The van der Waals surface area contributed by atoms with Crippen molar-refractivity contribution in [2.75, 3.05) is 12.8 Å². The van der Waals surface area contributed by atoms with Crippen LogP contribution in [0.1, 0.15) is 58.2 Å². The molecule has 3 aromatic rings. The molecule has 1 fully saturated rings. The topological polar surface area (TPSA) is 101 Å². The number of piperidine rings is 1. The van der Waals surface area contributed by atoms with Crippen LogP contribution >= 0.6 is 0 Å². The molecule has 1 aliphatic rings. The maximum Gasteiger partial charge on any atom is 0.295 e. The Morgan fingerprint density at radius 1 is 1.16 bits per heavy atom. The number of amides is 1. The van der Waals surface area contributed by atoms with Crippen molar-refractivity contribution in [3.63, 3.8) is 0 Å². The van der Waals surface area contributed by atoms with Crippen LogP contribution in [0.15, 0.2) is 30.5 Å². The summed E-state index contributed by atoms with van der Waals surface area (Å²) in [4.78, 5) is 20.1. The molecule has 1 aliphatic heterocycles. The van der Waals surface area contributed by atoms with Gasteiger partial charge in [0.25, 0.3) is 15.9 Å². The van der Waals surface area contributed by atoms with Crippen LogP contribution in [0.5, 0.6) is 0 Å². The third-order valence-electron chi connectivity index (χ3n) is 5.79. The van der Waals surface area contributed by atoms with Crippen LogP contribution in [0.25, 0.3) is 5.65 Å². The van der Waals surface area contributed by atoms with E-state index in [0.717, 1.165) is 53.7 Å². The van der Waals surface area contributed by atoms with E-state index in [4.69, 9.17) is 5.10 Å². The Labute approximate surface area is 182 Å². The number of carbonyl (C=O) groups excluding carboxylic acids is 1. The van der Waals surface area contributed by atoms with Crippen LogP contribution in [0.2, 0.25) is 0 Å². The number of benzene rings is 1. The molecular formula is C22H28N5O3S+. The summed E-state index contributed by atoms with van der Waals surface area (Å²) in [6.07, 6.45) is 5.81. The van der Waals surface area contributed by atoms with Crippen LogP contribution in [0.3, 0.4) is 0 Å². The fourth-order valence-electron chi connectivity index (χ4n) is 4.11. The summed E-state index contributed by atoms with van der Waals surface area (Å²) in [6.45, 7) is 6.47. The predicted molar refractivity (Wildman–Crippen MR) is 118 cm³/mol. The van der Waals surface area contributed by atoms with Gasteiger partial charge in [-0.1, -0.05) is 6.07 Å². The average molecular weight is 443 g/mol. The Kier molecular flexibility index (Phi) is 5.57. The van der Waals surface area contributed by atoms with E-state index >= 15 is 0 Å². The van der Waals surface area contributed by atoms with E-state index < -0.39 is 10.0 Å². The number of primary sulfonamides is 1. The minimum Gasteiger partial charge on any atom is -0.330 e. The van der Waals surface area contributed by atoms with Crippen molar-refractivity contribution in [3.05, 3.63) is 58.5 Å². The molecule has 0 bridgehead atoms. The smallest absolute Gasteiger partial charge is 0.295 e. The summed E-state index contributed by atoms with van der Waals surface area (Å²) in [7, 11) is -3.39. The predicted octanol–water partition coefficient (Wildman–Crippen LogP) is 2.18. The Bertz CT molecular complexity index is 1230. The van der Waals surface area contributed by atoms with Gasteiger partial charge in [-0.2, -0.15) is 13.5 Å². The molecule has 164 valence electrons. The van der Waals surface area contributed by atoms with Crippen LogP contribution in [0.4, 0.5) is 5.69 Å². The van der Waals surface area contributed by atoms with Gasteiger partial charge in [-0.25, -0.2) is 14.2 Å². The van der Waals surface area contributed by atoms with Crippen molar-refractivity contribution in [1.82, 2.24) is 19.5 Å². The first-order valence-corrected chi connectivity index (χ1v) is 12.4. The first kappa shape index (κ1) is 21.5. The lowest BCUT2D eigenvalue weighted by Crippen LogP contribution is -2.81. The second kappa shape index (κ2) is 8.05. The molecule has 2 aromatic heterocycles. The molecular weight excluding hydrogens is 414 g/mol. The van der Waals surface area contributed by atoms with E-state index in [-0.39, 0.29) is 11.9 Å². The summed E-state index contributed by atoms with van der Waals surface area (Å²) >= 11 is 0. The van der Waals surface area contributed by atoms with E-state index in [1.54, 1.807) is 16.6 Å². The van der Waals surface area contributed by atoms with Crippen molar-refractivity contribution < 1.29 is 17.9 Å². The number of nitrogens with zero attached hydrogens (tertiary/aromatic N) is 4. The highest BCUT2D eigenvalue weighted by Gasteiger charge is 2.33. The largest absolute Gasteiger partial charge is 0.330 e. The summed E-state index contributed by atoms with van der Waals surface area (Å²) < 4.78 is 26.7. The van der Waals surface area contributed by atoms with Gasteiger partial charge in [-0.3, -0.25) is 4.79 Å². The van der Waals surface area contributed by atoms with Gasteiger partial charge in [0.05, 0.1) is 18.0 Å². The lowest BCUT2D eigenvalue weighted by molar-refractivity contribution is -0.396. The Morgan fingerprint density at radius 3 is 2.68 bits per heavy atom. The van der Waals surface area contributed by atoms with E-state index in [1.807, 2.05) is 44.0 Å². The van der Waals surface area contributed by atoms with Gasteiger partial charge in [0.1, 0.15) is 5.56 Å². The third kappa shape index (κ3) is 4.47. The minimum atomic E-state index is -3.39. The van der Waals surface area contributed by atoms with Gasteiger partial charge >= 0.3 is 0 Å². The standard InChI is InChI=1S/C22H27N5O3S/c1-14-8-9-18(25-31(4,29)30)17(11-14)22(28)26-10-6-5-7-20(26)19-12-21-23-16(3)15(2)13-27(21)24-19/h8-9,11-13,20,25H,5-7,10H2,1-4H3/p+1. The minimum absolute atomic E-state index is 0.166. The second-order valence-electron chi connectivity index (χ2n) is 8.43. The van der Waals surface area contributed by atoms with Gasteiger partial charge < -0.3 is 4.90 Å². The van der Waals surface area contributed by atoms with Crippen molar-refractivity contribution in [2.24, 2.45) is 0 Å². The lowest BCUT2D eigenvalue weighted by atomic mass is 9.97. The molecule has 1 aromatic carbocycles. The normalized spacial score (nSPS) is 17.3. The maximum absolute atomic E-state index is 13.6. The SMILES string of the molecule is Cc1ccc([NH2+]S(C)(=O)=O)c(C(=O)N2CCCCC2c2cc3nc(C)c(C)cn3n2)c1. The quantitative estimate of drug-likeness (QED) is 0.624. The monoisotopic (exact) mass is 442 g/mol. The molecule has 0 radical (unpaired) electrons. The summed E-state index contributed by atoms with van der Waals surface area (Å²) in [5, 5.41) is 4.72. The highest BCUT2D eigenvalue weighted by Crippen LogP contribution is 2.33.